The van der Waals surface area contributed by atoms with Gasteiger partial charge in [-0.3, -0.25) is 0 Å². The summed E-state index contributed by atoms with van der Waals surface area (Å²) in [4.78, 5) is 2.32. The van der Waals surface area contributed by atoms with E-state index in [4.69, 9.17) is 0 Å². The lowest BCUT2D eigenvalue weighted by molar-refractivity contribution is 0.255. The van der Waals surface area contributed by atoms with Crippen molar-refractivity contribution in [2.75, 3.05) is 20.6 Å². The Hall–Kier alpha value is -0.520. The Morgan fingerprint density at radius 1 is 1.60 bits per heavy atom. The van der Waals surface area contributed by atoms with Gasteiger partial charge in [-0.15, -0.1) is 5.10 Å². The molecule has 5 heteroatoms. The zero-order valence-corrected chi connectivity index (χ0v) is 10.1. The van der Waals surface area contributed by atoms with E-state index in [1.807, 2.05) is 5.38 Å². The van der Waals surface area contributed by atoms with Crippen molar-refractivity contribution in [3.63, 3.8) is 0 Å². The van der Waals surface area contributed by atoms with Crippen molar-refractivity contribution in [3.05, 3.63) is 11.1 Å². The zero-order valence-electron chi connectivity index (χ0n) is 9.31. The van der Waals surface area contributed by atoms with Crippen molar-refractivity contribution in [1.82, 2.24) is 19.8 Å². The highest BCUT2D eigenvalue weighted by Gasteiger charge is 2.31. The van der Waals surface area contributed by atoms with Gasteiger partial charge in [-0.1, -0.05) is 4.49 Å². The molecule has 0 aromatic carbocycles. The molecule has 1 aliphatic rings. The summed E-state index contributed by atoms with van der Waals surface area (Å²) >= 11 is 1.41. The van der Waals surface area contributed by atoms with Crippen LogP contribution in [0, 0.1) is 5.92 Å². The van der Waals surface area contributed by atoms with Crippen molar-refractivity contribution in [1.29, 1.82) is 0 Å². The first-order valence-electron chi connectivity index (χ1n) is 5.40. The van der Waals surface area contributed by atoms with Crippen molar-refractivity contribution >= 4 is 11.5 Å². The molecule has 2 rings (SSSR count). The normalized spacial score (nSPS) is 18.3. The topological polar surface area (TPSA) is 41.0 Å². The lowest BCUT2D eigenvalue weighted by Gasteiger charge is -2.24. The van der Waals surface area contributed by atoms with Crippen molar-refractivity contribution in [2.24, 2.45) is 5.92 Å². The minimum atomic E-state index is 0.677. The second kappa shape index (κ2) is 5.01. The highest BCUT2D eigenvalue weighted by molar-refractivity contribution is 7.03. The van der Waals surface area contributed by atoms with E-state index < -0.39 is 0 Å². The van der Waals surface area contributed by atoms with Crippen LogP contribution in [0.25, 0.3) is 0 Å². The minimum Gasteiger partial charge on any atom is -0.310 e. The lowest BCUT2D eigenvalue weighted by Crippen LogP contribution is -2.39. The van der Waals surface area contributed by atoms with E-state index in [0.29, 0.717) is 6.04 Å². The van der Waals surface area contributed by atoms with E-state index in [2.05, 4.69) is 33.9 Å². The second-order valence-corrected chi connectivity index (χ2v) is 5.01. The Balaban J connectivity index is 1.71. The Kier molecular flexibility index (Phi) is 3.66. The second-order valence-electron chi connectivity index (χ2n) is 4.40. The summed E-state index contributed by atoms with van der Waals surface area (Å²) in [6.45, 7) is 1.89. The molecule has 4 nitrogen and oxygen atoms in total. The fourth-order valence-corrected chi connectivity index (χ4v) is 2.31. The number of rotatable bonds is 6. The largest absolute Gasteiger partial charge is 0.310 e. The van der Waals surface area contributed by atoms with E-state index in [0.717, 1.165) is 24.7 Å². The summed E-state index contributed by atoms with van der Waals surface area (Å²) in [6, 6.07) is 0.677. The monoisotopic (exact) mass is 226 g/mol. The van der Waals surface area contributed by atoms with Crippen LogP contribution < -0.4 is 5.32 Å². The molecule has 0 radical (unpaired) electrons. The van der Waals surface area contributed by atoms with Gasteiger partial charge in [-0.2, -0.15) is 0 Å². The van der Waals surface area contributed by atoms with E-state index in [1.54, 1.807) is 0 Å². The van der Waals surface area contributed by atoms with Gasteiger partial charge < -0.3 is 10.2 Å². The molecule has 15 heavy (non-hydrogen) atoms. The van der Waals surface area contributed by atoms with Crippen LogP contribution in [-0.4, -0.2) is 41.2 Å². The molecule has 1 aromatic rings. The first-order chi connectivity index (χ1) is 7.27. The molecule has 0 bridgehead atoms. The van der Waals surface area contributed by atoms with E-state index in [-0.39, 0.29) is 0 Å². The van der Waals surface area contributed by atoms with Gasteiger partial charge in [-0.25, -0.2) is 0 Å². The predicted molar refractivity (Wildman–Crippen MR) is 61.8 cm³/mol. The summed E-state index contributed by atoms with van der Waals surface area (Å²) in [7, 11) is 4.32. The fraction of sp³-hybridized carbons (Fsp3) is 0.800. The van der Waals surface area contributed by atoms with Gasteiger partial charge in [0.2, 0.25) is 0 Å². The number of likely N-dealkylation sites (N-methyl/N-ethyl adjacent to an activating group) is 1. The molecule has 0 amide bonds. The molecule has 1 saturated carbocycles. The van der Waals surface area contributed by atoms with Crippen LogP contribution in [0.4, 0.5) is 0 Å². The maximum Gasteiger partial charge on any atom is 0.0893 e. The van der Waals surface area contributed by atoms with Gasteiger partial charge in [0.05, 0.1) is 5.69 Å². The van der Waals surface area contributed by atoms with Crippen molar-refractivity contribution < 1.29 is 0 Å². The van der Waals surface area contributed by atoms with Gasteiger partial charge in [0.1, 0.15) is 0 Å². The standard InChI is InChI=1S/C10H18N4S/c1-14(2)10(8-3-4-8)6-11-5-9-7-15-13-12-9/h7-8,10-11H,3-6H2,1-2H3. The summed E-state index contributed by atoms with van der Waals surface area (Å²) in [6.07, 6.45) is 2.78. The quantitative estimate of drug-likeness (QED) is 0.784. The Bertz CT molecular complexity index is 280. The third-order valence-corrected chi connectivity index (χ3v) is 3.45. The molecule has 1 heterocycles. The molecule has 1 unspecified atom stereocenters. The first kappa shape index (κ1) is 11.0. The third-order valence-electron chi connectivity index (χ3n) is 2.89. The van der Waals surface area contributed by atoms with E-state index in [1.165, 1.54) is 24.4 Å². The molecule has 1 aliphatic carbocycles. The number of hydrogen-bond acceptors (Lipinski definition) is 5. The lowest BCUT2D eigenvalue weighted by atomic mass is 10.1. The molecular formula is C10H18N4S. The van der Waals surface area contributed by atoms with Crippen LogP contribution in [0.1, 0.15) is 18.5 Å². The highest BCUT2D eigenvalue weighted by atomic mass is 32.1. The third kappa shape index (κ3) is 3.22. The van der Waals surface area contributed by atoms with Gasteiger partial charge in [-0.05, 0) is 44.4 Å². The molecule has 1 fully saturated rings. The fourth-order valence-electron chi connectivity index (χ4n) is 1.86. The molecular weight excluding hydrogens is 208 g/mol. The smallest absolute Gasteiger partial charge is 0.0893 e. The average molecular weight is 226 g/mol. The number of hydrogen-bond donors (Lipinski definition) is 1. The molecule has 1 aromatic heterocycles. The molecule has 1 atom stereocenters. The molecule has 0 aliphatic heterocycles. The van der Waals surface area contributed by atoms with Crippen LogP contribution >= 0.6 is 11.5 Å². The van der Waals surface area contributed by atoms with E-state index >= 15 is 0 Å². The highest BCUT2D eigenvalue weighted by Crippen LogP contribution is 2.34. The van der Waals surface area contributed by atoms with Crippen molar-refractivity contribution in [2.45, 2.75) is 25.4 Å². The minimum absolute atomic E-state index is 0.677. The summed E-state index contributed by atoms with van der Waals surface area (Å²) in [5.41, 5.74) is 1.05. The van der Waals surface area contributed by atoms with Crippen LogP contribution in [0.3, 0.4) is 0 Å². The number of nitrogens with zero attached hydrogens (tertiary/aromatic N) is 3. The van der Waals surface area contributed by atoms with Crippen LogP contribution in [0.5, 0.6) is 0 Å². The SMILES string of the molecule is CN(C)C(CNCc1csnn1)C1CC1. The molecule has 0 saturated heterocycles. The Morgan fingerprint density at radius 3 is 2.93 bits per heavy atom. The number of nitrogens with one attached hydrogen (secondary N) is 1. The predicted octanol–water partition coefficient (Wildman–Crippen LogP) is 0.968. The van der Waals surface area contributed by atoms with Crippen LogP contribution in [0.15, 0.2) is 5.38 Å². The van der Waals surface area contributed by atoms with Gasteiger partial charge in [0.15, 0.2) is 0 Å². The molecule has 1 N–H and O–H groups in total. The number of aromatic nitrogens is 2. The Morgan fingerprint density at radius 2 is 2.40 bits per heavy atom. The molecule has 84 valence electrons. The van der Waals surface area contributed by atoms with Gasteiger partial charge >= 0.3 is 0 Å². The summed E-state index contributed by atoms with van der Waals surface area (Å²) < 4.78 is 3.84. The van der Waals surface area contributed by atoms with E-state index in [9.17, 15) is 0 Å². The maximum absolute atomic E-state index is 4.01. The average Bonchev–Trinajstić information content (AvgIpc) is 2.89. The Labute approximate surface area is 94.8 Å². The maximum atomic E-state index is 4.01. The first-order valence-corrected chi connectivity index (χ1v) is 6.24. The van der Waals surface area contributed by atoms with Gasteiger partial charge in [0.25, 0.3) is 0 Å². The van der Waals surface area contributed by atoms with Crippen LogP contribution in [-0.2, 0) is 6.54 Å². The summed E-state index contributed by atoms with van der Waals surface area (Å²) in [5, 5.41) is 9.46. The van der Waals surface area contributed by atoms with Gasteiger partial charge in [0, 0.05) is 24.5 Å². The van der Waals surface area contributed by atoms with Crippen LogP contribution in [0.2, 0.25) is 0 Å². The molecule has 0 spiro atoms. The summed E-state index contributed by atoms with van der Waals surface area (Å²) in [5.74, 6) is 0.904. The zero-order chi connectivity index (χ0) is 10.7. The van der Waals surface area contributed by atoms with Crippen molar-refractivity contribution in [3.8, 4) is 0 Å².